The van der Waals surface area contributed by atoms with Crippen LogP contribution in [0.5, 0.6) is 0 Å². The molecule has 0 aliphatic rings. The van der Waals surface area contributed by atoms with Gasteiger partial charge in [0.05, 0.1) is 12.4 Å². The maximum Gasteiger partial charge on any atom is 0.138 e. The molecule has 0 amide bonds. The van der Waals surface area contributed by atoms with Gasteiger partial charge in [0.25, 0.3) is 0 Å². The van der Waals surface area contributed by atoms with E-state index in [-0.39, 0.29) is 0 Å². The van der Waals surface area contributed by atoms with Crippen LogP contribution in [0.1, 0.15) is 43.0 Å². The summed E-state index contributed by atoms with van der Waals surface area (Å²) < 4.78 is 5.01. The van der Waals surface area contributed by atoms with Gasteiger partial charge in [-0.25, -0.2) is 9.97 Å². The molecule has 1 heterocycles. The standard InChI is InChI=1S/C16H29N3OS/c1-12(2)21-11-16-18-13(3)15(14(4)19-16)7-6-8-17-9-10-20-5/h12,17H,6-11H2,1-5H3. The largest absolute Gasteiger partial charge is 0.383 e. The number of ether oxygens (including phenoxy) is 1. The second-order valence-electron chi connectivity index (χ2n) is 5.50. The summed E-state index contributed by atoms with van der Waals surface area (Å²) in [6.45, 7) is 11.3. The molecule has 21 heavy (non-hydrogen) atoms. The molecule has 0 saturated heterocycles. The Morgan fingerprint density at radius 1 is 1.14 bits per heavy atom. The van der Waals surface area contributed by atoms with Gasteiger partial charge in [0.15, 0.2) is 0 Å². The van der Waals surface area contributed by atoms with E-state index in [0.717, 1.165) is 55.5 Å². The number of hydrogen-bond donors (Lipinski definition) is 1. The van der Waals surface area contributed by atoms with Crippen LogP contribution in [0.4, 0.5) is 0 Å². The first-order valence-corrected chi connectivity index (χ1v) is 8.73. The Balaban J connectivity index is 2.47. The van der Waals surface area contributed by atoms with Crippen molar-refractivity contribution in [2.45, 2.75) is 51.5 Å². The van der Waals surface area contributed by atoms with Crippen LogP contribution < -0.4 is 5.32 Å². The van der Waals surface area contributed by atoms with Gasteiger partial charge in [0.2, 0.25) is 0 Å². The fourth-order valence-electron chi connectivity index (χ4n) is 2.17. The predicted octanol–water partition coefficient (Wildman–Crippen LogP) is 2.90. The van der Waals surface area contributed by atoms with Crippen LogP contribution in [0.15, 0.2) is 0 Å². The van der Waals surface area contributed by atoms with E-state index in [9.17, 15) is 0 Å². The van der Waals surface area contributed by atoms with Gasteiger partial charge in [-0.05, 0) is 44.0 Å². The Labute approximate surface area is 133 Å². The normalized spacial score (nSPS) is 11.3. The fourth-order valence-corrected chi connectivity index (χ4v) is 2.78. The van der Waals surface area contributed by atoms with Gasteiger partial charge < -0.3 is 10.1 Å². The smallest absolute Gasteiger partial charge is 0.138 e. The predicted molar refractivity (Wildman–Crippen MR) is 91.0 cm³/mol. The Kier molecular flexibility index (Phi) is 8.88. The highest BCUT2D eigenvalue weighted by molar-refractivity contribution is 7.99. The molecule has 1 aromatic rings. The Morgan fingerprint density at radius 3 is 2.38 bits per heavy atom. The number of nitrogens with one attached hydrogen (secondary N) is 1. The summed E-state index contributed by atoms with van der Waals surface area (Å²) in [6.07, 6.45) is 2.14. The molecule has 0 aliphatic carbocycles. The molecule has 120 valence electrons. The third-order valence-electron chi connectivity index (χ3n) is 3.28. The molecule has 0 aliphatic heterocycles. The maximum atomic E-state index is 5.01. The number of thioether (sulfide) groups is 1. The molecule has 0 fully saturated rings. The zero-order valence-electron chi connectivity index (χ0n) is 14.0. The Hall–Kier alpha value is -0.650. The second-order valence-corrected chi connectivity index (χ2v) is 7.06. The van der Waals surface area contributed by atoms with Gasteiger partial charge in [-0.2, -0.15) is 11.8 Å². The van der Waals surface area contributed by atoms with E-state index in [2.05, 4.69) is 43.0 Å². The molecule has 0 saturated carbocycles. The van der Waals surface area contributed by atoms with Crippen molar-refractivity contribution < 1.29 is 4.74 Å². The van der Waals surface area contributed by atoms with Crippen molar-refractivity contribution in [2.75, 3.05) is 26.8 Å². The van der Waals surface area contributed by atoms with Crippen molar-refractivity contribution in [1.82, 2.24) is 15.3 Å². The zero-order valence-corrected chi connectivity index (χ0v) is 14.8. The van der Waals surface area contributed by atoms with Crippen molar-refractivity contribution in [2.24, 2.45) is 0 Å². The van der Waals surface area contributed by atoms with Gasteiger partial charge >= 0.3 is 0 Å². The zero-order chi connectivity index (χ0) is 15.7. The van der Waals surface area contributed by atoms with Gasteiger partial charge in [0.1, 0.15) is 5.82 Å². The number of hydrogen-bond acceptors (Lipinski definition) is 5. The van der Waals surface area contributed by atoms with Crippen LogP contribution in [0, 0.1) is 13.8 Å². The van der Waals surface area contributed by atoms with E-state index in [0.29, 0.717) is 5.25 Å². The lowest BCUT2D eigenvalue weighted by molar-refractivity contribution is 0.199. The van der Waals surface area contributed by atoms with Crippen molar-refractivity contribution >= 4 is 11.8 Å². The van der Waals surface area contributed by atoms with E-state index in [1.165, 1.54) is 5.56 Å². The summed E-state index contributed by atoms with van der Waals surface area (Å²) in [4.78, 5) is 9.32. The minimum absolute atomic E-state index is 0.618. The van der Waals surface area contributed by atoms with Crippen molar-refractivity contribution in [1.29, 1.82) is 0 Å². The van der Waals surface area contributed by atoms with Crippen LogP contribution >= 0.6 is 11.8 Å². The molecule has 1 aromatic heterocycles. The number of rotatable bonds is 10. The van der Waals surface area contributed by atoms with E-state index >= 15 is 0 Å². The lowest BCUT2D eigenvalue weighted by Gasteiger charge is -2.12. The maximum absolute atomic E-state index is 5.01. The van der Waals surface area contributed by atoms with Crippen molar-refractivity contribution in [3.8, 4) is 0 Å². The van der Waals surface area contributed by atoms with E-state index in [1.54, 1.807) is 7.11 Å². The number of nitrogens with zero attached hydrogens (tertiary/aromatic N) is 2. The highest BCUT2D eigenvalue weighted by Gasteiger charge is 2.09. The average Bonchev–Trinajstić information content (AvgIpc) is 2.42. The highest BCUT2D eigenvalue weighted by Crippen LogP contribution is 2.18. The Morgan fingerprint density at radius 2 is 1.81 bits per heavy atom. The molecule has 0 radical (unpaired) electrons. The minimum Gasteiger partial charge on any atom is -0.383 e. The molecule has 0 spiro atoms. The monoisotopic (exact) mass is 311 g/mol. The minimum atomic E-state index is 0.618. The first kappa shape index (κ1) is 18.4. The summed E-state index contributed by atoms with van der Waals surface area (Å²) in [7, 11) is 1.73. The third-order valence-corrected chi connectivity index (χ3v) is 4.37. The van der Waals surface area contributed by atoms with E-state index in [1.807, 2.05) is 11.8 Å². The molecule has 0 unspecified atom stereocenters. The molecular weight excluding hydrogens is 282 g/mol. The molecule has 5 heteroatoms. The van der Waals surface area contributed by atoms with Gasteiger partial charge in [-0.15, -0.1) is 0 Å². The van der Waals surface area contributed by atoms with Crippen LogP contribution in [-0.2, 0) is 16.9 Å². The molecule has 0 aromatic carbocycles. The van der Waals surface area contributed by atoms with Crippen molar-refractivity contribution in [3.05, 3.63) is 22.8 Å². The first-order valence-electron chi connectivity index (χ1n) is 7.68. The summed E-state index contributed by atoms with van der Waals surface area (Å²) in [6, 6.07) is 0. The molecule has 1 rings (SSSR count). The number of aromatic nitrogens is 2. The highest BCUT2D eigenvalue weighted by atomic mass is 32.2. The quantitative estimate of drug-likeness (QED) is 0.673. The topological polar surface area (TPSA) is 47.0 Å². The van der Waals surface area contributed by atoms with Gasteiger partial charge in [0, 0.05) is 25.0 Å². The number of aryl methyl sites for hydroxylation is 2. The number of methoxy groups -OCH3 is 1. The summed E-state index contributed by atoms with van der Waals surface area (Å²) in [5.74, 6) is 1.86. The summed E-state index contributed by atoms with van der Waals surface area (Å²) >= 11 is 1.89. The van der Waals surface area contributed by atoms with E-state index < -0.39 is 0 Å². The SMILES string of the molecule is COCCNCCCc1c(C)nc(CSC(C)C)nc1C. The molecule has 0 bridgehead atoms. The molecule has 4 nitrogen and oxygen atoms in total. The fraction of sp³-hybridized carbons (Fsp3) is 0.750. The summed E-state index contributed by atoms with van der Waals surface area (Å²) in [5, 5.41) is 3.99. The van der Waals surface area contributed by atoms with Gasteiger partial charge in [-0.3, -0.25) is 0 Å². The van der Waals surface area contributed by atoms with E-state index in [4.69, 9.17) is 4.74 Å². The van der Waals surface area contributed by atoms with Crippen LogP contribution in [0.25, 0.3) is 0 Å². The molecule has 1 N–H and O–H groups in total. The van der Waals surface area contributed by atoms with Gasteiger partial charge in [-0.1, -0.05) is 13.8 Å². The van der Waals surface area contributed by atoms with Crippen LogP contribution in [0.2, 0.25) is 0 Å². The lowest BCUT2D eigenvalue weighted by atomic mass is 10.1. The van der Waals surface area contributed by atoms with Crippen molar-refractivity contribution in [3.63, 3.8) is 0 Å². The molecular formula is C16H29N3OS. The summed E-state index contributed by atoms with van der Waals surface area (Å²) in [5.41, 5.74) is 3.58. The lowest BCUT2D eigenvalue weighted by Crippen LogP contribution is -2.21. The average molecular weight is 311 g/mol. The first-order chi connectivity index (χ1) is 10.0. The molecule has 0 atom stereocenters. The van der Waals surface area contributed by atoms with Crippen LogP contribution in [-0.4, -0.2) is 42.0 Å². The third kappa shape index (κ3) is 7.25. The van der Waals surface area contributed by atoms with Crippen LogP contribution in [0.3, 0.4) is 0 Å². The second kappa shape index (κ2) is 10.1. The Bertz CT molecular complexity index is 401.